The number of carboxylic acid groups (broad SMARTS) is 1. The molecule has 4 heteroatoms. The summed E-state index contributed by atoms with van der Waals surface area (Å²) in [6.45, 7) is 0. The van der Waals surface area contributed by atoms with Crippen molar-refractivity contribution >= 4 is 23.3 Å². The van der Waals surface area contributed by atoms with Crippen molar-refractivity contribution in [1.82, 2.24) is 0 Å². The maximum absolute atomic E-state index is 11.4. The Labute approximate surface area is 110 Å². The number of aliphatic carboxylic acids is 1. The van der Waals surface area contributed by atoms with Crippen molar-refractivity contribution in [3.05, 3.63) is 64.7 Å². The first kappa shape index (κ1) is 12.5. The van der Waals surface area contributed by atoms with Crippen LogP contribution in [0.1, 0.15) is 17.0 Å². The third kappa shape index (κ3) is 2.46. The zero-order chi connectivity index (χ0) is 13.1. The SMILES string of the molecule is Nc1ccc([C@H](C(=O)O)c2ccccc2)cc1Cl. The standard InChI is InChI=1S/C14H12ClNO2/c15-11-8-10(6-7-12(11)16)13(14(17)18)9-4-2-1-3-5-9/h1-8,13H,16H2,(H,17,18)/t13-/m1/s1. The predicted molar refractivity (Wildman–Crippen MR) is 71.8 cm³/mol. The molecule has 0 bridgehead atoms. The molecule has 0 heterocycles. The molecule has 0 radical (unpaired) electrons. The monoisotopic (exact) mass is 261 g/mol. The molecule has 0 fully saturated rings. The number of rotatable bonds is 3. The third-order valence-corrected chi connectivity index (χ3v) is 3.07. The van der Waals surface area contributed by atoms with Gasteiger partial charge >= 0.3 is 5.97 Å². The molecule has 18 heavy (non-hydrogen) atoms. The Bertz CT molecular complexity index is 569. The topological polar surface area (TPSA) is 63.3 Å². The molecule has 0 spiro atoms. The van der Waals surface area contributed by atoms with Crippen LogP contribution in [0.15, 0.2) is 48.5 Å². The van der Waals surface area contributed by atoms with Crippen molar-refractivity contribution in [1.29, 1.82) is 0 Å². The van der Waals surface area contributed by atoms with Gasteiger partial charge in [-0.05, 0) is 23.3 Å². The van der Waals surface area contributed by atoms with E-state index >= 15 is 0 Å². The highest BCUT2D eigenvalue weighted by Gasteiger charge is 2.22. The van der Waals surface area contributed by atoms with Gasteiger partial charge in [-0.1, -0.05) is 48.0 Å². The average Bonchev–Trinajstić information content (AvgIpc) is 2.35. The molecule has 3 N–H and O–H groups in total. The fourth-order valence-corrected chi connectivity index (χ4v) is 2.04. The van der Waals surface area contributed by atoms with Gasteiger partial charge in [0.05, 0.1) is 10.7 Å². The van der Waals surface area contributed by atoms with Crippen LogP contribution in [-0.4, -0.2) is 11.1 Å². The largest absolute Gasteiger partial charge is 0.481 e. The molecule has 2 aromatic carbocycles. The number of anilines is 1. The fourth-order valence-electron chi connectivity index (χ4n) is 1.85. The summed E-state index contributed by atoms with van der Waals surface area (Å²) in [5, 5.41) is 9.74. The molecular formula is C14H12ClNO2. The van der Waals surface area contributed by atoms with Crippen molar-refractivity contribution in [2.75, 3.05) is 5.73 Å². The molecule has 92 valence electrons. The summed E-state index contributed by atoms with van der Waals surface area (Å²) < 4.78 is 0. The zero-order valence-corrected chi connectivity index (χ0v) is 10.3. The minimum Gasteiger partial charge on any atom is -0.481 e. The van der Waals surface area contributed by atoms with Crippen LogP contribution in [0.3, 0.4) is 0 Å². The van der Waals surface area contributed by atoms with Gasteiger partial charge in [0.1, 0.15) is 5.92 Å². The summed E-state index contributed by atoms with van der Waals surface area (Å²) in [7, 11) is 0. The maximum Gasteiger partial charge on any atom is 0.315 e. The number of halogens is 1. The lowest BCUT2D eigenvalue weighted by Crippen LogP contribution is -2.13. The van der Waals surface area contributed by atoms with Gasteiger partial charge in [0.15, 0.2) is 0 Å². The van der Waals surface area contributed by atoms with Crippen molar-refractivity contribution in [3.8, 4) is 0 Å². The normalized spacial score (nSPS) is 12.1. The number of benzene rings is 2. The second-order valence-electron chi connectivity index (χ2n) is 3.96. The second-order valence-corrected chi connectivity index (χ2v) is 4.37. The molecule has 0 aliphatic heterocycles. The number of nitrogen functional groups attached to an aromatic ring is 1. The number of carboxylic acids is 1. The van der Waals surface area contributed by atoms with Gasteiger partial charge in [-0.3, -0.25) is 4.79 Å². The van der Waals surface area contributed by atoms with E-state index in [1.807, 2.05) is 18.2 Å². The molecule has 0 saturated heterocycles. The number of nitrogens with two attached hydrogens (primary N) is 1. The molecule has 0 saturated carbocycles. The van der Waals surface area contributed by atoms with E-state index < -0.39 is 11.9 Å². The molecule has 0 aliphatic carbocycles. The van der Waals surface area contributed by atoms with Crippen molar-refractivity contribution in [2.45, 2.75) is 5.92 Å². The van der Waals surface area contributed by atoms with Crippen LogP contribution < -0.4 is 5.73 Å². The van der Waals surface area contributed by atoms with Gasteiger partial charge in [0.25, 0.3) is 0 Å². The lowest BCUT2D eigenvalue weighted by atomic mass is 9.91. The smallest absolute Gasteiger partial charge is 0.315 e. The molecular weight excluding hydrogens is 250 g/mol. The van der Waals surface area contributed by atoms with Gasteiger partial charge in [-0.2, -0.15) is 0 Å². The lowest BCUT2D eigenvalue weighted by molar-refractivity contribution is -0.137. The van der Waals surface area contributed by atoms with E-state index in [0.717, 1.165) is 0 Å². The van der Waals surface area contributed by atoms with Gasteiger partial charge in [0.2, 0.25) is 0 Å². The van der Waals surface area contributed by atoms with E-state index in [0.29, 0.717) is 21.8 Å². The molecule has 3 nitrogen and oxygen atoms in total. The Balaban J connectivity index is 2.49. The highest BCUT2D eigenvalue weighted by Crippen LogP contribution is 2.29. The van der Waals surface area contributed by atoms with Crippen LogP contribution in [0.5, 0.6) is 0 Å². The number of carbonyl (C=O) groups is 1. The van der Waals surface area contributed by atoms with Crippen LogP contribution >= 0.6 is 11.6 Å². The Morgan fingerprint density at radius 1 is 1.11 bits per heavy atom. The van der Waals surface area contributed by atoms with Gasteiger partial charge in [-0.25, -0.2) is 0 Å². The minimum atomic E-state index is -0.915. The van der Waals surface area contributed by atoms with Gasteiger partial charge < -0.3 is 10.8 Å². The van der Waals surface area contributed by atoms with Crippen molar-refractivity contribution < 1.29 is 9.90 Å². The molecule has 0 aromatic heterocycles. The highest BCUT2D eigenvalue weighted by atomic mass is 35.5. The molecule has 2 rings (SSSR count). The first-order chi connectivity index (χ1) is 8.59. The summed E-state index contributed by atoms with van der Waals surface area (Å²) in [6, 6.07) is 13.9. The van der Waals surface area contributed by atoms with E-state index in [9.17, 15) is 9.90 Å². The second kappa shape index (κ2) is 5.10. The minimum absolute atomic E-state index is 0.370. The van der Waals surface area contributed by atoms with Crippen LogP contribution in [0.25, 0.3) is 0 Å². The Kier molecular flexibility index (Phi) is 3.53. The van der Waals surface area contributed by atoms with E-state index in [-0.39, 0.29) is 0 Å². The summed E-state index contributed by atoms with van der Waals surface area (Å²) >= 11 is 5.93. The Morgan fingerprint density at radius 2 is 1.78 bits per heavy atom. The summed E-state index contributed by atoms with van der Waals surface area (Å²) in [4.78, 5) is 11.4. The first-order valence-corrected chi connectivity index (χ1v) is 5.80. The van der Waals surface area contributed by atoms with E-state index in [2.05, 4.69) is 0 Å². The molecule has 1 atom stereocenters. The van der Waals surface area contributed by atoms with E-state index in [4.69, 9.17) is 17.3 Å². The predicted octanol–water partition coefficient (Wildman–Crippen LogP) is 3.14. The number of hydrogen-bond acceptors (Lipinski definition) is 2. The summed E-state index contributed by atoms with van der Waals surface area (Å²) in [6.07, 6.45) is 0. The fraction of sp³-hybridized carbons (Fsp3) is 0.0714. The molecule has 0 amide bonds. The van der Waals surface area contributed by atoms with E-state index in [1.54, 1.807) is 30.3 Å². The van der Waals surface area contributed by atoms with Crippen LogP contribution in [0.4, 0.5) is 5.69 Å². The summed E-state index contributed by atoms with van der Waals surface area (Å²) in [5.74, 6) is -1.65. The van der Waals surface area contributed by atoms with Gasteiger partial charge in [-0.15, -0.1) is 0 Å². The van der Waals surface area contributed by atoms with Crippen molar-refractivity contribution in [3.63, 3.8) is 0 Å². The molecule has 0 unspecified atom stereocenters. The van der Waals surface area contributed by atoms with E-state index in [1.165, 1.54) is 0 Å². The third-order valence-electron chi connectivity index (χ3n) is 2.74. The number of hydrogen-bond donors (Lipinski definition) is 2. The quantitative estimate of drug-likeness (QED) is 0.835. The molecule has 2 aromatic rings. The summed E-state index contributed by atoms with van der Waals surface area (Å²) in [5.41, 5.74) is 7.40. The highest BCUT2D eigenvalue weighted by molar-refractivity contribution is 6.33. The molecule has 0 aliphatic rings. The van der Waals surface area contributed by atoms with Gasteiger partial charge in [0, 0.05) is 0 Å². The van der Waals surface area contributed by atoms with Crippen LogP contribution in [0, 0.1) is 0 Å². The van der Waals surface area contributed by atoms with Crippen molar-refractivity contribution in [2.24, 2.45) is 0 Å². The Hall–Kier alpha value is -2.00. The maximum atomic E-state index is 11.4. The lowest BCUT2D eigenvalue weighted by Gasteiger charge is -2.14. The average molecular weight is 262 g/mol. The van der Waals surface area contributed by atoms with Crippen LogP contribution in [0.2, 0.25) is 5.02 Å². The van der Waals surface area contributed by atoms with Crippen LogP contribution in [-0.2, 0) is 4.79 Å². The Morgan fingerprint density at radius 3 is 2.33 bits per heavy atom. The zero-order valence-electron chi connectivity index (χ0n) is 9.51. The first-order valence-electron chi connectivity index (χ1n) is 5.42.